The predicted molar refractivity (Wildman–Crippen MR) is 103 cm³/mol. The van der Waals surface area contributed by atoms with Gasteiger partial charge in [-0.05, 0) is 24.1 Å². The first-order valence-electron chi connectivity index (χ1n) is 8.47. The van der Waals surface area contributed by atoms with Crippen LogP contribution in [0.2, 0.25) is 0 Å². The molecule has 7 nitrogen and oxygen atoms in total. The summed E-state index contributed by atoms with van der Waals surface area (Å²) in [5.74, 6) is 0.227. The van der Waals surface area contributed by atoms with Crippen molar-refractivity contribution < 1.29 is 19.1 Å². The van der Waals surface area contributed by atoms with E-state index in [0.717, 1.165) is 5.56 Å². The van der Waals surface area contributed by atoms with E-state index in [1.165, 1.54) is 20.4 Å². The number of carbonyl (C=O) groups is 2. The van der Waals surface area contributed by atoms with Crippen molar-refractivity contribution in [2.45, 2.75) is 12.8 Å². The summed E-state index contributed by atoms with van der Waals surface area (Å²) in [5.41, 5.74) is 4.10. The van der Waals surface area contributed by atoms with Gasteiger partial charge in [0.2, 0.25) is 11.8 Å². The third-order valence-corrected chi connectivity index (χ3v) is 3.73. The molecular weight excluding hydrogens is 346 g/mol. The van der Waals surface area contributed by atoms with E-state index in [1.54, 1.807) is 18.2 Å². The molecule has 0 aromatic heterocycles. The maximum Gasteiger partial charge on any atom is 0.249 e. The van der Waals surface area contributed by atoms with Crippen LogP contribution in [0.1, 0.15) is 17.5 Å². The van der Waals surface area contributed by atoms with Crippen molar-refractivity contribution in [3.05, 3.63) is 59.7 Å². The van der Waals surface area contributed by atoms with Crippen LogP contribution in [0.25, 0.3) is 0 Å². The van der Waals surface area contributed by atoms with Crippen molar-refractivity contribution >= 4 is 18.0 Å². The van der Waals surface area contributed by atoms with E-state index in [9.17, 15) is 9.59 Å². The molecule has 0 fully saturated rings. The number of amides is 2. The Labute approximate surface area is 158 Å². The van der Waals surface area contributed by atoms with Gasteiger partial charge in [-0.15, -0.1) is 0 Å². The number of methoxy groups -OCH3 is 2. The Morgan fingerprint density at radius 3 is 2.48 bits per heavy atom. The molecule has 0 heterocycles. The molecule has 0 spiro atoms. The number of hydrogen-bond acceptors (Lipinski definition) is 5. The summed E-state index contributed by atoms with van der Waals surface area (Å²) in [5, 5.41) is 6.58. The number of nitrogens with zero attached hydrogens (tertiary/aromatic N) is 1. The third kappa shape index (κ3) is 6.47. The van der Waals surface area contributed by atoms with Gasteiger partial charge >= 0.3 is 0 Å². The van der Waals surface area contributed by atoms with Gasteiger partial charge in [-0.1, -0.05) is 36.4 Å². The number of benzene rings is 2. The number of hydrazone groups is 1. The molecule has 0 radical (unpaired) electrons. The van der Waals surface area contributed by atoms with Crippen molar-refractivity contribution in [1.82, 2.24) is 10.7 Å². The molecule has 0 unspecified atom stereocenters. The number of hydrogen-bond donors (Lipinski definition) is 2. The molecule has 142 valence electrons. The molecule has 2 amide bonds. The van der Waals surface area contributed by atoms with Crippen LogP contribution in [0, 0.1) is 0 Å². The molecule has 7 heteroatoms. The monoisotopic (exact) mass is 369 g/mol. The van der Waals surface area contributed by atoms with Gasteiger partial charge in [0.15, 0.2) is 11.5 Å². The summed E-state index contributed by atoms with van der Waals surface area (Å²) in [6.07, 6.45) is 1.86. The maximum absolute atomic E-state index is 11.8. The Bertz CT molecular complexity index is 791. The first-order chi connectivity index (χ1) is 13.1. The molecule has 0 aliphatic carbocycles. The molecule has 27 heavy (non-hydrogen) atoms. The predicted octanol–water partition coefficient (Wildman–Crippen LogP) is 1.90. The van der Waals surface area contributed by atoms with E-state index in [0.29, 0.717) is 30.0 Å². The van der Waals surface area contributed by atoms with Gasteiger partial charge in [0.1, 0.15) is 6.42 Å². The molecule has 0 aliphatic rings. The Morgan fingerprint density at radius 1 is 1.00 bits per heavy atom. The zero-order chi connectivity index (χ0) is 19.5. The zero-order valence-electron chi connectivity index (χ0n) is 15.4. The number of para-hydroxylation sites is 1. The highest BCUT2D eigenvalue weighted by molar-refractivity contribution is 5.97. The van der Waals surface area contributed by atoms with Crippen LogP contribution in [0.15, 0.2) is 53.6 Å². The molecule has 0 atom stereocenters. The average molecular weight is 369 g/mol. The first kappa shape index (κ1) is 20.0. The fraction of sp³-hybridized carbons (Fsp3) is 0.250. The second kappa shape index (κ2) is 10.6. The van der Waals surface area contributed by atoms with E-state index in [2.05, 4.69) is 15.8 Å². The number of nitrogens with one attached hydrogen (secondary N) is 2. The van der Waals surface area contributed by atoms with E-state index in [-0.39, 0.29) is 12.3 Å². The van der Waals surface area contributed by atoms with Crippen molar-refractivity contribution in [2.75, 3.05) is 20.8 Å². The maximum atomic E-state index is 11.8. The topological polar surface area (TPSA) is 89.0 Å². The van der Waals surface area contributed by atoms with E-state index in [1.807, 2.05) is 30.3 Å². The molecule has 2 N–H and O–H groups in total. The van der Waals surface area contributed by atoms with Gasteiger partial charge in [0.25, 0.3) is 0 Å². The van der Waals surface area contributed by atoms with Gasteiger partial charge in [-0.25, -0.2) is 5.43 Å². The number of rotatable bonds is 9. The third-order valence-electron chi connectivity index (χ3n) is 3.73. The highest BCUT2D eigenvalue weighted by atomic mass is 16.5. The number of ether oxygens (including phenoxy) is 2. The van der Waals surface area contributed by atoms with Crippen molar-refractivity contribution in [3.63, 3.8) is 0 Å². The minimum absolute atomic E-state index is 0.290. The van der Waals surface area contributed by atoms with Crippen molar-refractivity contribution in [3.8, 4) is 11.5 Å². The largest absolute Gasteiger partial charge is 0.493 e. The summed E-state index contributed by atoms with van der Waals surface area (Å²) < 4.78 is 10.5. The van der Waals surface area contributed by atoms with Gasteiger partial charge in [-0.2, -0.15) is 5.10 Å². The normalized spacial score (nSPS) is 10.4. The minimum Gasteiger partial charge on any atom is -0.493 e. The van der Waals surface area contributed by atoms with Crippen LogP contribution < -0.4 is 20.2 Å². The van der Waals surface area contributed by atoms with E-state index >= 15 is 0 Å². The van der Waals surface area contributed by atoms with Crippen molar-refractivity contribution in [1.29, 1.82) is 0 Å². The Balaban J connectivity index is 1.77. The Hall–Kier alpha value is -3.35. The second-order valence-corrected chi connectivity index (χ2v) is 5.64. The van der Waals surface area contributed by atoms with Crippen LogP contribution in [0.4, 0.5) is 0 Å². The first-order valence-corrected chi connectivity index (χ1v) is 8.47. The van der Waals surface area contributed by atoms with Gasteiger partial charge in [0.05, 0.1) is 20.4 Å². The lowest BCUT2D eigenvalue weighted by Gasteiger charge is -2.09. The van der Waals surface area contributed by atoms with Crippen LogP contribution in [-0.4, -0.2) is 38.8 Å². The molecular formula is C20H23N3O4. The van der Waals surface area contributed by atoms with E-state index in [4.69, 9.17) is 9.47 Å². The van der Waals surface area contributed by atoms with Gasteiger partial charge in [0, 0.05) is 12.1 Å². The summed E-state index contributed by atoms with van der Waals surface area (Å²) in [7, 11) is 3.06. The van der Waals surface area contributed by atoms with Crippen LogP contribution >= 0.6 is 0 Å². The highest BCUT2D eigenvalue weighted by Gasteiger charge is 2.09. The fourth-order valence-corrected chi connectivity index (χ4v) is 2.43. The SMILES string of the molecule is COc1cccc(/C=N/NC(=O)CC(=O)NCCc2ccccc2)c1OC. The quantitative estimate of drug-likeness (QED) is 0.401. The molecule has 0 saturated carbocycles. The zero-order valence-corrected chi connectivity index (χ0v) is 15.4. The Kier molecular flexibility index (Phi) is 7.84. The van der Waals surface area contributed by atoms with Gasteiger partial charge in [-0.3, -0.25) is 9.59 Å². The lowest BCUT2D eigenvalue weighted by molar-refractivity contribution is -0.129. The lowest BCUT2D eigenvalue weighted by atomic mass is 10.1. The molecule has 2 aromatic rings. The second-order valence-electron chi connectivity index (χ2n) is 5.64. The van der Waals surface area contributed by atoms with Gasteiger partial charge < -0.3 is 14.8 Å². The fourth-order valence-electron chi connectivity index (χ4n) is 2.43. The molecule has 0 bridgehead atoms. The Morgan fingerprint density at radius 2 is 1.78 bits per heavy atom. The number of carbonyl (C=O) groups excluding carboxylic acids is 2. The summed E-state index contributed by atoms with van der Waals surface area (Å²) in [6, 6.07) is 15.1. The van der Waals surface area contributed by atoms with E-state index < -0.39 is 5.91 Å². The standard InChI is InChI=1S/C20H23N3O4/c1-26-17-10-6-9-16(20(17)27-2)14-22-23-19(25)13-18(24)21-12-11-15-7-4-3-5-8-15/h3-10,14H,11-13H2,1-2H3,(H,21,24)(H,23,25)/b22-14+. The lowest BCUT2D eigenvalue weighted by Crippen LogP contribution is -2.31. The molecule has 2 rings (SSSR count). The smallest absolute Gasteiger partial charge is 0.249 e. The summed E-state index contributed by atoms with van der Waals surface area (Å²) >= 11 is 0. The average Bonchev–Trinajstić information content (AvgIpc) is 2.68. The van der Waals surface area contributed by atoms with Crippen molar-refractivity contribution in [2.24, 2.45) is 5.10 Å². The van der Waals surface area contributed by atoms with Crippen LogP contribution in [0.3, 0.4) is 0 Å². The van der Waals surface area contributed by atoms with Crippen LogP contribution in [0.5, 0.6) is 11.5 Å². The summed E-state index contributed by atoms with van der Waals surface area (Å²) in [4.78, 5) is 23.6. The highest BCUT2D eigenvalue weighted by Crippen LogP contribution is 2.29. The molecule has 0 saturated heterocycles. The summed E-state index contributed by atoms with van der Waals surface area (Å²) in [6.45, 7) is 0.473. The van der Waals surface area contributed by atoms with Crippen LogP contribution in [-0.2, 0) is 16.0 Å². The molecule has 0 aliphatic heterocycles. The molecule has 2 aromatic carbocycles. The minimum atomic E-state index is -0.495.